The van der Waals surface area contributed by atoms with Crippen LogP contribution in [0.2, 0.25) is 5.02 Å². The van der Waals surface area contributed by atoms with E-state index in [1.807, 2.05) is 17.0 Å². The molecule has 1 N–H and O–H groups in total. The number of likely N-dealkylation sites (tertiary alicyclic amines) is 1. The number of halogens is 1. The van der Waals surface area contributed by atoms with Crippen LogP contribution in [0, 0.1) is 5.92 Å². The van der Waals surface area contributed by atoms with Crippen LogP contribution in [0.15, 0.2) is 36.7 Å². The number of anilines is 2. The van der Waals surface area contributed by atoms with Crippen molar-refractivity contribution in [2.75, 3.05) is 18.4 Å². The van der Waals surface area contributed by atoms with E-state index in [2.05, 4.69) is 22.2 Å². The number of amides is 1. The average molecular weight is 331 g/mol. The third-order valence-corrected chi connectivity index (χ3v) is 4.15. The predicted molar refractivity (Wildman–Crippen MR) is 91.1 cm³/mol. The van der Waals surface area contributed by atoms with E-state index in [-0.39, 0.29) is 5.91 Å². The molecule has 1 amide bonds. The molecule has 1 atom stereocenters. The van der Waals surface area contributed by atoms with Gasteiger partial charge >= 0.3 is 0 Å². The third-order valence-electron chi connectivity index (χ3n) is 3.91. The summed E-state index contributed by atoms with van der Waals surface area (Å²) in [7, 11) is 0. The summed E-state index contributed by atoms with van der Waals surface area (Å²) in [5.74, 6) is 1.08. The molecule has 23 heavy (non-hydrogen) atoms. The standard InChI is InChI=1S/C17H19ClN4O/c1-12-4-3-7-22(11-12)17(23)15-9-20-16(10-19-15)21-14-6-2-5-13(18)8-14/h2,5-6,8-10,12H,3-4,7,11H2,1H3,(H,20,21). The molecule has 0 spiro atoms. The molecule has 0 saturated carbocycles. The second-order valence-corrected chi connectivity index (χ2v) is 6.36. The van der Waals surface area contributed by atoms with Gasteiger partial charge in [0, 0.05) is 23.8 Å². The Morgan fingerprint density at radius 3 is 2.91 bits per heavy atom. The molecule has 120 valence electrons. The van der Waals surface area contributed by atoms with Gasteiger partial charge in [-0.2, -0.15) is 0 Å². The van der Waals surface area contributed by atoms with Gasteiger partial charge in [-0.3, -0.25) is 4.79 Å². The summed E-state index contributed by atoms with van der Waals surface area (Å²) in [6.07, 6.45) is 5.32. The molecule has 1 saturated heterocycles. The predicted octanol–water partition coefficient (Wildman–Crippen LogP) is 3.75. The number of nitrogens with one attached hydrogen (secondary N) is 1. The second-order valence-electron chi connectivity index (χ2n) is 5.92. The van der Waals surface area contributed by atoms with Crippen LogP contribution in [0.25, 0.3) is 0 Å². The smallest absolute Gasteiger partial charge is 0.274 e. The number of aromatic nitrogens is 2. The summed E-state index contributed by atoms with van der Waals surface area (Å²) in [5.41, 5.74) is 1.21. The molecule has 1 fully saturated rings. The molecule has 2 heterocycles. The zero-order valence-electron chi connectivity index (χ0n) is 13.0. The zero-order valence-corrected chi connectivity index (χ0v) is 13.8. The van der Waals surface area contributed by atoms with Crippen molar-refractivity contribution < 1.29 is 4.79 Å². The number of carbonyl (C=O) groups is 1. The van der Waals surface area contributed by atoms with Crippen molar-refractivity contribution in [3.63, 3.8) is 0 Å². The number of nitrogens with zero attached hydrogens (tertiary/aromatic N) is 3. The molecule has 1 aliphatic rings. The Hall–Kier alpha value is -2.14. The van der Waals surface area contributed by atoms with Crippen molar-refractivity contribution in [2.24, 2.45) is 5.92 Å². The van der Waals surface area contributed by atoms with E-state index < -0.39 is 0 Å². The quantitative estimate of drug-likeness (QED) is 0.931. The fourth-order valence-corrected chi connectivity index (χ4v) is 2.94. The summed E-state index contributed by atoms with van der Waals surface area (Å²) in [6.45, 7) is 3.76. The van der Waals surface area contributed by atoms with Gasteiger partial charge in [-0.05, 0) is 37.0 Å². The molecule has 3 rings (SSSR count). The van der Waals surface area contributed by atoms with Crippen molar-refractivity contribution in [1.82, 2.24) is 14.9 Å². The average Bonchev–Trinajstić information content (AvgIpc) is 2.55. The minimum Gasteiger partial charge on any atom is -0.339 e. The molecule has 0 radical (unpaired) electrons. The number of rotatable bonds is 3. The van der Waals surface area contributed by atoms with Crippen molar-refractivity contribution in [3.05, 3.63) is 47.4 Å². The molecule has 1 unspecified atom stereocenters. The van der Waals surface area contributed by atoms with Gasteiger partial charge < -0.3 is 10.2 Å². The summed E-state index contributed by atoms with van der Waals surface area (Å²) in [4.78, 5) is 22.8. The Morgan fingerprint density at radius 1 is 1.35 bits per heavy atom. The SMILES string of the molecule is CC1CCCN(C(=O)c2cnc(Nc3cccc(Cl)c3)cn2)C1. The number of piperidine rings is 1. The van der Waals surface area contributed by atoms with Gasteiger partial charge in [-0.25, -0.2) is 9.97 Å². The first-order valence-electron chi connectivity index (χ1n) is 7.76. The van der Waals surface area contributed by atoms with Crippen LogP contribution in [0.3, 0.4) is 0 Å². The van der Waals surface area contributed by atoms with E-state index >= 15 is 0 Å². The van der Waals surface area contributed by atoms with E-state index in [4.69, 9.17) is 11.6 Å². The lowest BCUT2D eigenvalue weighted by Gasteiger charge is -2.30. The maximum Gasteiger partial charge on any atom is 0.274 e. The highest BCUT2D eigenvalue weighted by molar-refractivity contribution is 6.30. The first kappa shape index (κ1) is 15.7. The minimum absolute atomic E-state index is 0.0432. The maximum atomic E-state index is 12.4. The normalized spacial score (nSPS) is 17.8. The maximum absolute atomic E-state index is 12.4. The highest BCUT2D eigenvalue weighted by Gasteiger charge is 2.23. The van der Waals surface area contributed by atoms with Crippen LogP contribution in [-0.2, 0) is 0 Å². The summed E-state index contributed by atoms with van der Waals surface area (Å²) < 4.78 is 0. The van der Waals surface area contributed by atoms with Crippen LogP contribution < -0.4 is 5.32 Å². The molecule has 0 bridgehead atoms. The van der Waals surface area contributed by atoms with Gasteiger partial charge in [0.15, 0.2) is 0 Å². The Bertz CT molecular complexity index is 689. The molecule has 1 aliphatic heterocycles. The van der Waals surface area contributed by atoms with Crippen LogP contribution in [0.4, 0.5) is 11.5 Å². The first-order valence-corrected chi connectivity index (χ1v) is 8.13. The van der Waals surface area contributed by atoms with E-state index in [0.717, 1.165) is 25.2 Å². The Morgan fingerprint density at radius 2 is 2.22 bits per heavy atom. The lowest BCUT2D eigenvalue weighted by atomic mass is 10.0. The highest BCUT2D eigenvalue weighted by Crippen LogP contribution is 2.19. The highest BCUT2D eigenvalue weighted by atomic mass is 35.5. The molecule has 5 nitrogen and oxygen atoms in total. The molecule has 6 heteroatoms. The van der Waals surface area contributed by atoms with Crippen LogP contribution in [0.5, 0.6) is 0 Å². The van der Waals surface area contributed by atoms with E-state index in [9.17, 15) is 4.79 Å². The first-order chi connectivity index (χ1) is 11.1. The van der Waals surface area contributed by atoms with Crippen LogP contribution in [0.1, 0.15) is 30.3 Å². The Balaban J connectivity index is 1.68. The number of benzene rings is 1. The monoisotopic (exact) mass is 330 g/mol. The van der Waals surface area contributed by atoms with E-state index in [0.29, 0.717) is 22.5 Å². The van der Waals surface area contributed by atoms with E-state index in [1.54, 1.807) is 18.3 Å². The third kappa shape index (κ3) is 3.99. The molecular weight excluding hydrogens is 312 g/mol. The molecule has 2 aromatic rings. The van der Waals surface area contributed by atoms with Crippen LogP contribution in [-0.4, -0.2) is 33.9 Å². The zero-order chi connectivity index (χ0) is 16.2. The lowest BCUT2D eigenvalue weighted by molar-refractivity contribution is 0.0676. The van der Waals surface area contributed by atoms with Crippen molar-refractivity contribution in [3.8, 4) is 0 Å². The number of hydrogen-bond acceptors (Lipinski definition) is 4. The van der Waals surface area contributed by atoms with Gasteiger partial charge in [0.1, 0.15) is 11.5 Å². The number of hydrogen-bond donors (Lipinski definition) is 1. The lowest BCUT2D eigenvalue weighted by Crippen LogP contribution is -2.39. The summed E-state index contributed by atoms with van der Waals surface area (Å²) in [6, 6.07) is 7.35. The fourth-order valence-electron chi connectivity index (χ4n) is 2.75. The topological polar surface area (TPSA) is 58.1 Å². The second kappa shape index (κ2) is 6.96. The van der Waals surface area contributed by atoms with E-state index in [1.165, 1.54) is 12.6 Å². The summed E-state index contributed by atoms with van der Waals surface area (Å²) in [5, 5.41) is 3.76. The van der Waals surface area contributed by atoms with Crippen molar-refractivity contribution in [1.29, 1.82) is 0 Å². The molecule has 0 aliphatic carbocycles. The van der Waals surface area contributed by atoms with Gasteiger partial charge in [-0.1, -0.05) is 24.6 Å². The molecular formula is C17H19ClN4O. The van der Waals surface area contributed by atoms with Gasteiger partial charge in [-0.15, -0.1) is 0 Å². The van der Waals surface area contributed by atoms with Gasteiger partial charge in [0.2, 0.25) is 0 Å². The Labute approximate surface area is 140 Å². The Kier molecular flexibility index (Phi) is 4.76. The number of carbonyl (C=O) groups excluding carboxylic acids is 1. The molecule has 1 aromatic carbocycles. The molecule has 1 aromatic heterocycles. The van der Waals surface area contributed by atoms with Crippen molar-refractivity contribution >= 4 is 29.0 Å². The van der Waals surface area contributed by atoms with Crippen molar-refractivity contribution in [2.45, 2.75) is 19.8 Å². The van der Waals surface area contributed by atoms with Gasteiger partial charge in [0.05, 0.1) is 12.4 Å². The fraction of sp³-hybridized carbons (Fsp3) is 0.353. The van der Waals surface area contributed by atoms with Gasteiger partial charge in [0.25, 0.3) is 5.91 Å². The summed E-state index contributed by atoms with van der Waals surface area (Å²) >= 11 is 5.95. The minimum atomic E-state index is -0.0432. The van der Waals surface area contributed by atoms with Crippen LogP contribution >= 0.6 is 11.6 Å². The largest absolute Gasteiger partial charge is 0.339 e.